The Bertz CT molecular complexity index is 833. The molecule has 2 aromatic heterocycles. The first-order chi connectivity index (χ1) is 11.5. The number of hydrogen-bond acceptors (Lipinski definition) is 5. The first-order valence-corrected chi connectivity index (χ1v) is 8.03. The normalized spacial score (nSPS) is 14.0. The molecule has 3 heterocycles. The number of carbonyl (C=O) groups excluding carboxylic acids is 1. The average Bonchev–Trinajstić information content (AvgIpc) is 2.77. The van der Waals surface area contributed by atoms with Crippen LogP contribution in [0.25, 0.3) is 0 Å². The lowest BCUT2D eigenvalue weighted by Crippen LogP contribution is -2.33. The standard InChI is InChI=1S/C16H18ClN5O2/c1-21(2)16-19-13-5-8-22(7-4-11(13)14(23)20-16)15(24)10-3-6-18-9-12(10)17/h3,6,9H,4-5,7-8H2,1-2H3,(H,19,20,23). The molecule has 0 aromatic carbocycles. The Labute approximate surface area is 144 Å². The van der Waals surface area contributed by atoms with Crippen LogP contribution in [0.2, 0.25) is 5.02 Å². The van der Waals surface area contributed by atoms with E-state index >= 15 is 0 Å². The molecule has 0 spiro atoms. The number of anilines is 1. The zero-order valence-electron chi connectivity index (χ0n) is 13.5. The fraction of sp³-hybridized carbons (Fsp3) is 0.375. The fourth-order valence-corrected chi connectivity index (χ4v) is 2.93. The minimum atomic E-state index is -0.153. The van der Waals surface area contributed by atoms with Crippen molar-refractivity contribution in [3.8, 4) is 0 Å². The zero-order valence-corrected chi connectivity index (χ0v) is 14.3. The van der Waals surface area contributed by atoms with Crippen molar-refractivity contribution >= 4 is 23.5 Å². The molecule has 24 heavy (non-hydrogen) atoms. The second-order valence-electron chi connectivity index (χ2n) is 5.86. The Morgan fingerprint density at radius 1 is 1.33 bits per heavy atom. The van der Waals surface area contributed by atoms with Gasteiger partial charge in [-0.2, -0.15) is 0 Å². The van der Waals surface area contributed by atoms with Crippen LogP contribution in [0.5, 0.6) is 0 Å². The maximum Gasteiger partial charge on any atom is 0.255 e. The van der Waals surface area contributed by atoms with Gasteiger partial charge in [0, 0.05) is 51.6 Å². The minimum absolute atomic E-state index is 0.139. The van der Waals surface area contributed by atoms with Crippen LogP contribution in [0.1, 0.15) is 21.6 Å². The molecule has 126 valence electrons. The van der Waals surface area contributed by atoms with Crippen LogP contribution in [-0.2, 0) is 12.8 Å². The number of rotatable bonds is 2. The van der Waals surface area contributed by atoms with E-state index in [1.807, 2.05) is 14.1 Å². The van der Waals surface area contributed by atoms with E-state index in [2.05, 4.69) is 15.0 Å². The Kier molecular flexibility index (Phi) is 4.53. The van der Waals surface area contributed by atoms with Gasteiger partial charge in [0.25, 0.3) is 11.5 Å². The number of carbonyl (C=O) groups is 1. The van der Waals surface area contributed by atoms with Gasteiger partial charge in [0.2, 0.25) is 5.95 Å². The van der Waals surface area contributed by atoms with Crippen LogP contribution in [0.15, 0.2) is 23.3 Å². The summed E-state index contributed by atoms with van der Waals surface area (Å²) in [6.45, 7) is 0.949. The van der Waals surface area contributed by atoms with E-state index in [1.54, 1.807) is 22.1 Å². The van der Waals surface area contributed by atoms with Crippen LogP contribution < -0.4 is 10.5 Å². The SMILES string of the molecule is CN(C)c1nc2c(c(=O)[nH]1)CCN(C(=O)c1ccncc1Cl)CC2. The maximum absolute atomic E-state index is 12.7. The summed E-state index contributed by atoms with van der Waals surface area (Å²) in [7, 11) is 3.64. The lowest BCUT2D eigenvalue weighted by atomic mass is 10.1. The van der Waals surface area contributed by atoms with Gasteiger partial charge < -0.3 is 9.80 Å². The van der Waals surface area contributed by atoms with Crippen molar-refractivity contribution in [3.05, 3.63) is 50.7 Å². The van der Waals surface area contributed by atoms with Crippen LogP contribution in [-0.4, -0.2) is 52.9 Å². The number of H-pyrrole nitrogens is 1. The van der Waals surface area contributed by atoms with Crippen molar-refractivity contribution in [1.82, 2.24) is 19.9 Å². The molecular weight excluding hydrogens is 330 g/mol. The number of nitrogens with one attached hydrogen (secondary N) is 1. The molecule has 7 nitrogen and oxygen atoms in total. The summed E-state index contributed by atoms with van der Waals surface area (Å²) in [6.07, 6.45) is 4.01. The van der Waals surface area contributed by atoms with E-state index in [9.17, 15) is 9.59 Å². The molecule has 0 bridgehead atoms. The van der Waals surface area contributed by atoms with E-state index in [1.165, 1.54) is 6.20 Å². The Morgan fingerprint density at radius 2 is 2.08 bits per heavy atom. The molecule has 1 N–H and O–H groups in total. The summed E-state index contributed by atoms with van der Waals surface area (Å²) in [6, 6.07) is 1.61. The number of halogens is 1. The summed E-state index contributed by atoms with van der Waals surface area (Å²) in [4.78, 5) is 39.6. The van der Waals surface area contributed by atoms with Gasteiger partial charge in [0.1, 0.15) is 0 Å². The van der Waals surface area contributed by atoms with Crippen molar-refractivity contribution in [3.63, 3.8) is 0 Å². The van der Waals surface area contributed by atoms with E-state index < -0.39 is 0 Å². The molecule has 0 radical (unpaired) electrons. The van der Waals surface area contributed by atoms with Crippen LogP contribution >= 0.6 is 11.6 Å². The molecule has 0 aliphatic carbocycles. The molecule has 1 aliphatic heterocycles. The second kappa shape index (κ2) is 6.60. The number of hydrogen-bond donors (Lipinski definition) is 1. The van der Waals surface area contributed by atoms with Gasteiger partial charge in [-0.3, -0.25) is 19.6 Å². The zero-order chi connectivity index (χ0) is 17.3. The first kappa shape index (κ1) is 16.4. The van der Waals surface area contributed by atoms with E-state index in [4.69, 9.17) is 11.6 Å². The van der Waals surface area contributed by atoms with Gasteiger partial charge in [0.05, 0.1) is 16.3 Å². The molecule has 0 saturated carbocycles. The highest BCUT2D eigenvalue weighted by Gasteiger charge is 2.24. The third kappa shape index (κ3) is 3.12. The number of pyridine rings is 1. The average molecular weight is 348 g/mol. The maximum atomic E-state index is 12.7. The molecule has 1 amide bonds. The predicted octanol–water partition coefficient (Wildman–Crippen LogP) is 1.13. The van der Waals surface area contributed by atoms with Gasteiger partial charge in [-0.05, 0) is 12.5 Å². The van der Waals surface area contributed by atoms with Crippen molar-refractivity contribution in [2.75, 3.05) is 32.1 Å². The Balaban J connectivity index is 1.86. The number of amides is 1. The molecule has 0 saturated heterocycles. The predicted molar refractivity (Wildman–Crippen MR) is 91.7 cm³/mol. The summed E-state index contributed by atoms with van der Waals surface area (Å²) in [5.41, 5.74) is 1.68. The smallest absolute Gasteiger partial charge is 0.255 e. The third-order valence-electron chi connectivity index (χ3n) is 4.05. The van der Waals surface area contributed by atoms with E-state index in [0.717, 1.165) is 5.69 Å². The molecular formula is C16H18ClN5O2. The molecule has 8 heteroatoms. The highest BCUT2D eigenvalue weighted by Crippen LogP contribution is 2.19. The van der Waals surface area contributed by atoms with E-state index in [0.29, 0.717) is 48.0 Å². The van der Waals surface area contributed by atoms with E-state index in [-0.39, 0.29) is 11.5 Å². The Morgan fingerprint density at radius 3 is 2.79 bits per heavy atom. The van der Waals surface area contributed by atoms with Crippen molar-refractivity contribution in [2.45, 2.75) is 12.8 Å². The summed E-state index contributed by atoms with van der Waals surface area (Å²) >= 11 is 6.07. The number of fused-ring (bicyclic) bond motifs is 1. The summed E-state index contributed by atoms with van der Waals surface area (Å²) in [5, 5.41) is 0.329. The Hall–Kier alpha value is -2.41. The van der Waals surface area contributed by atoms with Gasteiger partial charge in [-0.15, -0.1) is 0 Å². The highest BCUT2D eigenvalue weighted by molar-refractivity contribution is 6.33. The molecule has 1 aliphatic rings. The quantitative estimate of drug-likeness (QED) is 0.880. The van der Waals surface area contributed by atoms with Gasteiger partial charge in [-0.25, -0.2) is 4.98 Å². The molecule has 0 atom stereocenters. The molecule has 3 rings (SSSR count). The number of nitrogens with zero attached hydrogens (tertiary/aromatic N) is 4. The summed E-state index contributed by atoms with van der Waals surface area (Å²) < 4.78 is 0. The van der Waals surface area contributed by atoms with Crippen molar-refractivity contribution in [1.29, 1.82) is 0 Å². The first-order valence-electron chi connectivity index (χ1n) is 7.65. The van der Waals surface area contributed by atoms with Gasteiger partial charge in [0.15, 0.2) is 0 Å². The fourth-order valence-electron chi connectivity index (χ4n) is 2.73. The van der Waals surface area contributed by atoms with Gasteiger partial charge >= 0.3 is 0 Å². The molecule has 2 aromatic rings. The monoisotopic (exact) mass is 347 g/mol. The lowest BCUT2D eigenvalue weighted by molar-refractivity contribution is 0.0763. The lowest BCUT2D eigenvalue weighted by Gasteiger charge is -2.20. The number of aromatic nitrogens is 3. The van der Waals surface area contributed by atoms with Crippen molar-refractivity contribution < 1.29 is 4.79 Å². The second-order valence-corrected chi connectivity index (χ2v) is 6.26. The third-order valence-corrected chi connectivity index (χ3v) is 4.35. The van der Waals surface area contributed by atoms with Gasteiger partial charge in [-0.1, -0.05) is 11.6 Å². The molecule has 0 unspecified atom stereocenters. The van der Waals surface area contributed by atoms with Crippen LogP contribution in [0, 0.1) is 0 Å². The highest BCUT2D eigenvalue weighted by atomic mass is 35.5. The van der Waals surface area contributed by atoms with Crippen LogP contribution in [0.3, 0.4) is 0 Å². The number of aromatic amines is 1. The molecule has 0 fully saturated rings. The topological polar surface area (TPSA) is 82.2 Å². The largest absolute Gasteiger partial charge is 0.348 e. The van der Waals surface area contributed by atoms with Crippen LogP contribution in [0.4, 0.5) is 5.95 Å². The van der Waals surface area contributed by atoms with Crippen molar-refractivity contribution in [2.24, 2.45) is 0 Å². The summed E-state index contributed by atoms with van der Waals surface area (Å²) in [5.74, 6) is 0.371. The minimum Gasteiger partial charge on any atom is -0.348 e.